The number of amides is 1. The predicted molar refractivity (Wildman–Crippen MR) is 127 cm³/mol. The molecule has 168 valence electrons. The molecule has 0 aliphatic carbocycles. The van der Waals surface area contributed by atoms with Crippen molar-refractivity contribution in [2.24, 2.45) is 0 Å². The number of thiophene rings is 1. The molecule has 0 spiro atoms. The summed E-state index contributed by atoms with van der Waals surface area (Å²) in [6.45, 7) is 6.03. The van der Waals surface area contributed by atoms with Crippen LogP contribution in [-0.4, -0.2) is 32.2 Å². The number of hydrogen-bond acceptors (Lipinski definition) is 6. The molecule has 32 heavy (non-hydrogen) atoms. The van der Waals surface area contributed by atoms with Gasteiger partial charge in [-0.3, -0.25) is 4.79 Å². The van der Waals surface area contributed by atoms with Crippen molar-refractivity contribution in [1.82, 2.24) is 0 Å². The Labute approximate surface area is 192 Å². The second kappa shape index (κ2) is 10.8. The predicted octanol–water partition coefficient (Wildman–Crippen LogP) is 5.74. The monoisotopic (exact) mass is 453 g/mol. The molecule has 0 saturated carbocycles. The molecule has 1 aromatic heterocycles. The van der Waals surface area contributed by atoms with Gasteiger partial charge >= 0.3 is 5.97 Å². The molecule has 1 N–H and O–H groups in total. The van der Waals surface area contributed by atoms with E-state index in [-0.39, 0.29) is 19.1 Å². The third kappa shape index (κ3) is 5.48. The van der Waals surface area contributed by atoms with Crippen LogP contribution in [0.1, 0.15) is 42.6 Å². The van der Waals surface area contributed by atoms with Crippen LogP contribution in [0.2, 0.25) is 0 Å². The molecule has 0 bridgehead atoms. The average molecular weight is 454 g/mol. The topological polar surface area (TPSA) is 73.9 Å². The van der Waals surface area contributed by atoms with Gasteiger partial charge in [0.15, 0.2) is 18.1 Å². The fourth-order valence-corrected chi connectivity index (χ4v) is 4.13. The van der Waals surface area contributed by atoms with E-state index in [1.54, 1.807) is 25.1 Å². The third-order valence-electron chi connectivity index (χ3n) is 4.84. The standard InChI is InChI=1S/C25H27NO5S/c1-5-30-25(28)23-19(18-12-10-17(11-13-18)16(2)3)15-32-24(23)26-22(27)14-31-21-9-7-6-8-20(21)29-4/h6-13,15-16H,5,14H2,1-4H3,(H,26,27). The van der Waals surface area contributed by atoms with Crippen molar-refractivity contribution in [3.63, 3.8) is 0 Å². The highest BCUT2D eigenvalue weighted by Crippen LogP contribution is 2.37. The summed E-state index contributed by atoms with van der Waals surface area (Å²) in [5, 5.41) is 5.08. The summed E-state index contributed by atoms with van der Waals surface area (Å²) in [5.41, 5.74) is 3.17. The first-order chi connectivity index (χ1) is 15.4. The number of benzene rings is 2. The molecule has 1 amide bonds. The molecule has 0 atom stereocenters. The second-order valence-electron chi connectivity index (χ2n) is 7.34. The van der Waals surface area contributed by atoms with Crippen molar-refractivity contribution in [3.05, 3.63) is 65.0 Å². The number of esters is 1. The molecule has 0 radical (unpaired) electrons. The molecule has 2 aromatic carbocycles. The number of anilines is 1. The van der Waals surface area contributed by atoms with E-state index in [4.69, 9.17) is 14.2 Å². The number of carbonyl (C=O) groups is 2. The lowest BCUT2D eigenvalue weighted by Gasteiger charge is -2.11. The molecular weight excluding hydrogens is 426 g/mol. The quantitative estimate of drug-likeness (QED) is 0.418. The van der Waals surface area contributed by atoms with Gasteiger partial charge in [-0.15, -0.1) is 11.3 Å². The van der Waals surface area contributed by atoms with Crippen LogP contribution < -0.4 is 14.8 Å². The molecule has 0 unspecified atom stereocenters. The number of carbonyl (C=O) groups excluding carboxylic acids is 2. The van der Waals surface area contributed by atoms with E-state index in [0.717, 1.165) is 11.1 Å². The van der Waals surface area contributed by atoms with Gasteiger partial charge < -0.3 is 19.5 Å². The van der Waals surface area contributed by atoms with E-state index < -0.39 is 5.97 Å². The van der Waals surface area contributed by atoms with Gasteiger partial charge in [0.25, 0.3) is 5.91 Å². The van der Waals surface area contributed by atoms with Crippen molar-refractivity contribution < 1.29 is 23.8 Å². The normalized spacial score (nSPS) is 10.7. The van der Waals surface area contributed by atoms with Gasteiger partial charge in [-0.05, 0) is 36.1 Å². The Bertz CT molecular complexity index is 1070. The summed E-state index contributed by atoms with van der Waals surface area (Å²) in [4.78, 5) is 25.3. The zero-order valence-corrected chi connectivity index (χ0v) is 19.5. The largest absolute Gasteiger partial charge is 0.493 e. The van der Waals surface area contributed by atoms with Crippen molar-refractivity contribution in [2.45, 2.75) is 26.7 Å². The van der Waals surface area contributed by atoms with Crippen molar-refractivity contribution in [3.8, 4) is 22.6 Å². The minimum absolute atomic E-state index is 0.223. The number of hydrogen-bond donors (Lipinski definition) is 1. The summed E-state index contributed by atoms with van der Waals surface area (Å²) in [6.07, 6.45) is 0. The molecule has 0 aliphatic heterocycles. The van der Waals surface area contributed by atoms with E-state index in [1.807, 2.05) is 35.7 Å². The van der Waals surface area contributed by atoms with Gasteiger partial charge in [0.05, 0.1) is 13.7 Å². The van der Waals surface area contributed by atoms with Gasteiger partial charge in [0.1, 0.15) is 10.6 Å². The Balaban J connectivity index is 1.81. The van der Waals surface area contributed by atoms with Gasteiger partial charge in [0.2, 0.25) is 0 Å². The highest BCUT2D eigenvalue weighted by Gasteiger charge is 2.23. The Hall–Kier alpha value is -3.32. The Morgan fingerprint density at radius 2 is 1.72 bits per heavy atom. The summed E-state index contributed by atoms with van der Waals surface area (Å²) in [7, 11) is 1.54. The fraction of sp³-hybridized carbons (Fsp3) is 0.280. The number of nitrogens with one attached hydrogen (secondary N) is 1. The Kier molecular flexibility index (Phi) is 7.89. The molecule has 1 heterocycles. The second-order valence-corrected chi connectivity index (χ2v) is 8.22. The van der Waals surface area contributed by atoms with Gasteiger partial charge in [-0.2, -0.15) is 0 Å². The maximum atomic E-state index is 12.7. The van der Waals surface area contributed by atoms with E-state index in [2.05, 4.69) is 19.2 Å². The van der Waals surface area contributed by atoms with Crippen LogP contribution in [0.3, 0.4) is 0 Å². The minimum atomic E-state index is -0.474. The number of methoxy groups -OCH3 is 1. The summed E-state index contributed by atoms with van der Waals surface area (Å²) >= 11 is 1.28. The van der Waals surface area contributed by atoms with Crippen LogP contribution in [0.25, 0.3) is 11.1 Å². The van der Waals surface area contributed by atoms with Crippen LogP contribution in [-0.2, 0) is 9.53 Å². The number of ether oxygens (including phenoxy) is 3. The minimum Gasteiger partial charge on any atom is -0.493 e. The van der Waals surface area contributed by atoms with Crippen molar-refractivity contribution in [2.75, 3.05) is 25.6 Å². The third-order valence-corrected chi connectivity index (χ3v) is 5.74. The fourth-order valence-electron chi connectivity index (χ4n) is 3.16. The zero-order chi connectivity index (χ0) is 23.1. The van der Waals surface area contributed by atoms with Gasteiger partial charge in [-0.1, -0.05) is 50.2 Å². The first-order valence-corrected chi connectivity index (χ1v) is 11.3. The van der Waals surface area contributed by atoms with Crippen LogP contribution in [0.4, 0.5) is 5.00 Å². The first-order valence-electron chi connectivity index (χ1n) is 10.4. The van der Waals surface area contributed by atoms with Crippen LogP contribution in [0, 0.1) is 0 Å². The number of rotatable bonds is 9. The Morgan fingerprint density at radius 1 is 1.03 bits per heavy atom. The molecular formula is C25H27NO5S. The average Bonchev–Trinajstić information content (AvgIpc) is 3.21. The first kappa shape index (κ1) is 23.3. The lowest BCUT2D eigenvalue weighted by molar-refractivity contribution is -0.118. The number of para-hydroxylation sites is 2. The molecule has 3 rings (SSSR count). The molecule has 3 aromatic rings. The van der Waals surface area contributed by atoms with E-state index >= 15 is 0 Å². The lowest BCUT2D eigenvalue weighted by atomic mass is 9.98. The SMILES string of the molecule is CCOC(=O)c1c(-c2ccc(C(C)C)cc2)csc1NC(=O)COc1ccccc1OC. The lowest BCUT2D eigenvalue weighted by Crippen LogP contribution is -2.21. The maximum absolute atomic E-state index is 12.7. The molecule has 0 aliphatic rings. The summed E-state index contributed by atoms with van der Waals surface area (Å²) in [5.74, 6) is 0.556. The van der Waals surface area contributed by atoms with Crippen LogP contribution in [0.15, 0.2) is 53.9 Å². The highest BCUT2D eigenvalue weighted by atomic mass is 32.1. The smallest absolute Gasteiger partial charge is 0.341 e. The summed E-state index contributed by atoms with van der Waals surface area (Å²) in [6, 6.07) is 15.1. The van der Waals surface area contributed by atoms with Crippen molar-refractivity contribution in [1.29, 1.82) is 0 Å². The maximum Gasteiger partial charge on any atom is 0.341 e. The molecule has 6 nitrogen and oxygen atoms in total. The molecule has 7 heteroatoms. The molecule has 0 fully saturated rings. The van der Waals surface area contributed by atoms with E-state index in [1.165, 1.54) is 24.0 Å². The van der Waals surface area contributed by atoms with Crippen LogP contribution >= 0.6 is 11.3 Å². The highest BCUT2D eigenvalue weighted by molar-refractivity contribution is 7.15. The van der Waals surface area contributed by atoms with E-state index in [0.29, 0.717) is 28.0 Å². The van der Waals surface area contributed by atoms with Gasteiger partial charge in [-0.25, -0.2) is 4.79 Å². The Morgan fingerprint density at radius 3 is 2.34 bits per heavy atom. The van der Waals surface area contributed by atoms with E-state index in [9.17, 15) is 9.59 Å². The molecule has 0 saturated heterocycles. The van der Waals surface area contributed by atoms with Crippen molar-refractivity contribution >= 4 is 28.2 Å². The van der Waals surface area contributed by atoms with Gasteiger partial charge in [0, 0.05) is 10.9 Å². The summed E-state index contributed by atoms with van der Waals surface area (Å²) < 4.78 is 16.1. The zero-order valence-electron chi connectivity index (χ0n) is 18.6. The van der Waals surface area contributed by atoms with Crippen LogP contribution in [0.5, 0.6) is 11.5 Å².